The minimum Gasteiger partial charge on any atom is -0.465 e. The fourth-order valence-electron chi connectivity index (χ4n) is 3.01. The van der Waals surface area contributed by atoms with Gasteiger partial charge in [-0.25, -0.2) is 9.59 Å². The monoisotopic (exact) mass is 362 g/mol. The zero-order valence-electron chi connectivity index (χ0n) is 15.4. The second-order valence-corrected chi connectivity index (χ2v) is 6.31. The van der Waals surface area contributed by atoms with Crippen LogP contribution in [0.1, 0.15) is 34.5 Å². The average molecular weight is 362 g/mol. The van der Waals surface area contributed by atoms with Crippen molar-refractivity contribution in [2.45, 2.75) is 19.5 Å². The predicted molar refractivity (Wildman–Crippen MR) is 106 cm³/mol. The molecule has 5 heteroatoms. The van der Waals surface area contributed by atoms with Gasteiger partial charge >= 0.3 is 12.0 Å². The highest BCUT2D eigenvalue weighted by Crippen LogP contribution is 2.23. The van der Waals surface area contributed by atoms with Gasteiger partial charge in [-0.05, 0) is 41.0 Å². The number of ether oxygens (including phenoxy) is 1. The highest BCUT2D eigenvalue weighted by Gasteiger charge is 2.12. The van der Waals surface area contributed by atoms with E-state index >= 15 is 0 Å². The van der Waals surface area contributed by atoms with Crippen LogP contribution >= 0.6 is 0 Å². The van der Waals surface area contributed by atoms with Crippen LogP contribution in [0, 0.1) is 0 Å². The molecule has 0 saturated heterocycles. The molecule has 0 heterocycles. The number of esters is 1. The first-order valence-electron chi connectivity index (χ1n) is 8.78. The van der Waals surface area contributed by atoms with Gasteiger partial charge in [-0.15, -0.1) is 0 Å². The Morgan fingerprint density at radius 1 is 0.963 bits per heavy atom. The van der Waals surface area contributed by atoms with Crippen molar-refractivity contribution in [2.24, 2.45) is 0 Å². The van der Waals surface area contributed by atoms with Gasteiger partial charge in [-0.3, -0.25) is 0 Å². The molecule has 0 unspecified atom stereocenters. The molecule has 2 amide bonds. The Balaban J connectivity index is 1.59. The van der Waals surface area contributed by atoms with Crippen molar-refractivity contribution >= 4 is 22.8 Å². The molecular formula is C22H22N2O3. The van der Waals surface area contributed by atoms with Gasteiger partial charge in [0.1, 0.15) is 0 Å². The number of hydrogen-bond donors (Lipinski definition) is 2. The van der Waals surface area contributed by atoms with Gasteiger partial charge in [-0.2, -0.15) is 0 Å². The summed E-state index contributed by atoms with van der Waals surface area (Å²) in [6, 6.07) is 20.8. The lowest BCUT2D eigenvalue weighted by Crippen LogP contribution is -2.36. The second-order valence-electron chi connectivity index (χ2n) is 6.31. The van der Waals surface area contributed by atoms with Crippen molar-refractivity contribution < 1.29 is 14.3 Å². The molecule has 0 aromatic heterocycles. The first kappa shape index (κ1) is 18.5. The molecule has 5 nitrogen and oxygen atoms in total. The van der Waals surface area contributed by atoms with Gasteiger partial charge in [-0.1, -0.05) is 54.6 Å². The lowest BCUT2D eigenvalue weighted by atomic mass is 10.00. The zero-order valence-corrected chi connectivity index (χ0v) is 15.4. The third kappa shape index (κ3) is 4.44. The minimum atomic E-state index is -0.379. The Hall–Kier alpha value is -3.34. The van der Waals surface area contributed by atoms with E-state index in [4.69, 9.17) is 0 Å². The molecule has 3 rings (SSSR count). The minimum absolute atomic E-state index is 0.127. The Morgan fingerprint density at radius 3 is 2.41 bits per heavy atom. The number of hydrogen-bond acceptors (Lipinski definition) is 3. The first-order valence-corrected chi connectivity index (χ1v) is 8.78. The van der Waals surface area contributed by atoms with Crippen LogP contribution in [0.2, 0.25) is 0 Å². The van der Waals surface area contributed by atoms with Crippen LogP contribution in [0.5, 0.6) is 0 Å². The number of amides is 2. The number of benzene rings is 3. The third-order valence-corrected chi connectivity index (χ3v) is 4.47. The quantitative estimate of drug-likeness (QED) is 0.669. The normalized spacial score (nSPS) is 11.6. The number of methoxy groups -OCH3 is 1. The van der Waals surface area contributed by atoms with Crippen LogP contribution in [0.3, 0.4) is 0 Å². The van der Waals surface area contributed by atoms with Crippen LogP contribution in [0.25, 0.3) is 10.8 Å². The van der Waals surface area contributed by atoms with E-state index in [1.54, 1.807) is 24.3 Å². The molecule has 3 aromatic rings. The lowest BCUT2D eigenvalue weighted by Gasteiger charge is -2.17. The molecule has 2 N–H and O–H groups in total. The largest absolute Gasteiger partial charge is 0.465 e. The maximum atomic E-state index is 12.3. The first-order chi connectivity index (χ1) is 13.1. The molecular weight excluding hydrogens is 340 g/mol. The van der Waals surface area contributed by atoms with Gasteiger partial charge in [0.25, 0.3) is 0 Å². The molecule has 0 radical (unpaired) electrons. The molecule has 138 valence electrons. The SMILES string of the molecule is COC(=O)c1ccc(CNC(=O)N[C@@H](C)c2cccc3ccccc23)cc1. The van der Waals surface area contributed by atoms with Crippen LogP contribution in [-0.2, 0) is 11.3 Å². The number of rotatable bonds is 5. The summed E-state index contributed by atoms with van der Waals surface area (Å²) in [6.45, 7) is 2.34. The van der Waals surface area contributed by atoms with E-state index in [1.165, 1.54) is 7.11 Å². The predicted octanol–water partition coefficient (Wildman–Crippen LogP) is 4.19. The molecule has 27 heavy (non-hydrogen) atoms. The van der Waals surface area contributed by atoms with Crippen molar-refractivity contribution in [2.75, 3.05) is 7.11 Å². The van der Waals surface area contributed by atoms with Crippen molar-refractivity contribution in [1.29, 1.82) is 0 Å². The van der Waals surface area contributed by atoms with Gasteiger partial charge in [0.15, 0.2) is 0 Å². The highest BCUT2D eigenvalue weighted by molar-refractivity contribution is 5.89. The van der Waals surface area contributed by atoms with Gasteiger partial charge in [0, 0.05) is 6.54 Å². The van der Waals surface area contributed by atoms with E-state index in [-0.39, 0.29) is 18.0 Å². The maximum absolute atomic E-state index is 12.3. The highest BCUT2D eigenvalue weighted by atomic mass is 16.5. The number of nitrogens with one attached hydrogen (secondary N) is 2. The number of urea groups is 1. The Bertz CT molecular complexity index is 946. The molecule has 0 bridgehead atoms. The third-order valence-electron chi connectivity index (χ3n) is 4.47. The standard InChI is InChI=1S/C22H22N2O3/c1-15(19-9-5-7-17-6-3-4-8-20(17)19)24-22(26)23-14-16-10-12-18(13-11-16)21(25)27-2/h3-13,15H,14H2,1-2H3,(H2,23,24,26)/t15-/m0/s1. The second kappa shape index (κ2) is 8.36. The summed E-state index contributed by atoms with van der Waals surface area (Å²) in [4.78, 5) is 23.7. The Morgan fingerprint density at radius 2 is 1.67 bits per heavy atom. The molecule has 1 atom stereocenters. The van der Waals surface area contributed by atoms with Crippen molar-refractivity contribution in [1.82, 2.24) is 10.6 Å². The summed E-state index contributed by atoms with van der Waals surface area (Å²) in [7, 11) is 1.35. The molecule has 0 aliphatic rings. The summed E-state index contributed by atoms with van der Waals surface area (Å²) in [5.41, 5.74) is 2.46. The van der Waals surface area contributed by atoms with Gasteiger partial charge in [0.2, 0.25) is 0 Å². The molecule has 0 aliphatic heterocycles. The average Bonchev–Trinajstić information content (AvgIpc) is 2.71. The van der Waals surface area contributed by atoms with Gasteiger partial charge in [0.05, 0.1) is 18.7 Å². The Labute approximate surface area is 158 Å². The molecule has 0 fully saturated rings. The van der Waals surface area contributed by atoms with Crippen LogP contribution < -0.4 is 10.6 Å². The fourth-order valence-corrected chi connectivity index (χ4v) is 3.01. The lowest BCUT2D eigenvalue weighted by molar-refractivity contribution is 0.0600. The summed E-state index contributed by atoms with van der Waals surface area (Å²) >= 11 is 0. The van der Waals surface area contributed by atoms with Crippen molar-refractivity contribution in [3.8, 4) is 0 Å². The maximum Gasteiger partial charge on any atom is 0.337 e. The summed E-state index contributed by atoms with van der Waals surface area (Å²) < 4.78 is 4.67. The number of carbonyl (C=O) groups excluding carboxylic acids is 2. The van der Waals surface area contributed by atoms with E-state index in [2.05, 4.69) is 33.6 Å². The summed E-state index contributed by atoms with van der Waals surface area (Å²) in [5, 5.41) is 8.10. The van der Waals surface area contributed by atoms with E-state index < -0.39 is 0 Å². The molecule has 3 aromatic carbocycles. The van der Waals surface area contributed by atoms with E-state index in [1.807, 2.05) is 31.2 Å². The number of carbonyl (C=O) groups is 2. The van der Waals surface area contributed by atoms with Gasteiger partial charge < -0.3 is 15.4 Å². The Kier molecular flexibility index (Phi) is 5.71. The molecule has 0 saturated carbocycles. The summed E-state index contributed by atoms with van der Waals surface area (Å²) in [6.07, 6.45) is 0. The van der Waals surface area contributed by atoms with E-state index in [0.29, 0.717) is 12.1 Å². The molecule has 0 spiro atoms. The fraction of sp³-hybridized carbons (Fsp3) is 0.182. The van der Waals surface area contributed by atoms with Crippen LogP contribution in [0.4, 0.5) is 4.79 Å². The smallest absolute Gasteiger partial charge is 0.337 e. The topological polar surface area (TPSA) is 67.4 Å². The number of fused-ring (bicyclic) bond motifs is 1. The zero-order chi connectivity index (χ0) is 19.2. The van der Waals surface area contributed by atoms with E-state index in [0.717, 1.165) is 21.9 Å². The molecule has 0 aliphatic carbocycles. The summed E-state index contributed by atoms with van der Waals surface area (Å²) in [5.74, 6) is -0.379. The van der Waals surface area contributed by atoms with Crippen LogP contribution in [0.15, 0.2) is 66.7 Å². The van der Waals surface area contributed by atoms with E-state index in [9.17, 15) is 9.59 Å². The van der Waals surface area contributed by atoms with Crippen molar-refractivity contribution in [3.05, 3.63) is 83.4 Å². The van der Waals surface area contributed by atoms with Crippen molar-refractivity contribution in [3.63, 3.8) is 0 Å². The van der Waals surface area contributed by atoms with Crippen LogP contribution in [-0.4, -0.2) is 19.1 Å².